The van der Waals surface area contributed by atoms with Crippen molar-refractivity contribution in [3.8, 4) is 0 Å². The molecule has 0 saturated carbocycles. The lowest BCUT2D eigenvalue weighted by Crippen LogP contribution is -2.09. The van der Waals surface area contributed by atoms with Crippen LogP contribution in [0.4, 0.5) is 0 Å². The lowest BCUT2D eigenvalue weighted by Gasteiger charge is -2.13. The van der Waals surface area contributed by atoms with Crippen LogP contribution in [0, 0.1) is 0 Å². The standard InChI is InChI=1S/C17H19ClO2/c1-4-11-9-12(5-2)16(13(6-3)10-11)17(19)14-7-8-15(18)20-14/h7-10H,4-6H2,1-3H3. The quantitative estimate of drug-likeness (QED) is 0.737. The first-order valence-electron chi connectivity index (χ1n) is 7.05. The number of carbonyl (C=O) groups is 1. The van der Waals surface area contributed by atoms with Crippen LogP contribution in [0.1, 0.15) is 53.6 Å². The van der Waals surface area contributed by atoms with Crippen molar-refractivity contribution in [3.63, 3.8) is 0 Å². The molecule has 2 rings (SSSR count). The van der Waals surface area contributed by atoms with Crippen LogP contribution in [0.2, 0.25) is 5.22 Å². The van der Waals surface area contributed by atoms with E-state index in [1.807, 2.05) is 0 Å². The summed E-state index contributed by atoms with van der Waals surface area (Å²) in [5.41, 5.74) is 4.21. The van der Waals surface area contributed by atoms with Gasteiger partial charge in [-0.3, -0.25) is 4.79 Å². The Hall–Kier alpha value is -1.54. The number of furan rings is 1. The summed E-state index contributed by atoms with van der Waals surface area (Å²) in [5.74, 6) is 0.233. The molecule has 0 aliphatic carbocycles. The molecule has 0 bridgehead atoms. The van der Waals surface area contributed by atoms with Gasteiger partial charge in [0.05, 0.1) is 0 Å². The maximum Gasteiger partial charge on any atom is 0.228 e. The van der Waals surface area contributed by atoms with Crippen molar-refractivity contribution in [1.29, 1.82) is 0 Å². The molecule has 0 radical (unpaired) electrons. The number of halogens is 1. The van der Waals surface area contributed by atoms with Gasteiger partial charge in [0, 0.05) is 5.56 Å². The monoisotopic (exact) mass is 290 g/mol. The number of aryl methyl sites for hydroxylation is 3. The van der Waals surface area contributed by atoms with E-state index in [4.69, 9.17) is 16.0 Å². The molecule has 0 spiro atoms. The Labute approximate surface area is 124 Å². The number of carbonyl (C=O) groups excluding carboxylic acids is 1. The van der Waals surface area contributed by atoms with Crippen LogP contribution in [0.3, 0.4) is 0 Å². The Kier molecular flexibility index (Phi) is 4.66. The maximum atomic E-state index is 12.7. The maximum absolute atomic E-state index is 12.7. The van der Waals surface area contributed by atoms with Crippen LogP contribution < -0.4 is 0 Å². The van der Waals surface area contributed by atoms with E-state index in [0.717, 1.165) is 36.0 Å². The zero-order valence-corrected chi connectivity index (χ0v) is 12.9. The minimum absolute atomic E-state index is 0.0757. The molecule has 1 heterocycles. The Morgan fingerprint density at radius 2 is 1.65 bits per heavy atom. The molecule has 0 aliphatic heterocycles. The van der Waals surface area contributed by atoms with E-state index in [2.05, 4.69) is 32.9 Å². The molecule has 106 valence electrons. The molecule has 1 aromatic carbocycles. The predicted octanol–water partition coefficient (Wildman–Crippen LogP) is 4.85. The molecule has 0 saturated heterocycles. The van der Waals surface area contributed by atoms with Crippen molar-refractivity contribution in [1.82, 2.24) is 0 Å². The first-order valence-corrected chi connectivity index (χ1v) is 7.43. The van der Waals surface area contributed by atoms with E-state index in [0.29, 0.717) is 5.76 Å². The third-order valence-electron chi connectivity index (χ3n) is 3.56. The molecule has 3 heteroatoms. The summed E-state index contributed by atoms with van der Waals surface area (Å²) in [6.45, 7) is 6.27. The summed E-state index contributed by atoms with van der Waals surface area (Å²) in [6.07, 6.45) is 2.63. The zero-order valence-electron chi connectivity index (χ0n) is 12.1. The van der Waals surface area contributed by atoms with Gasteiger partial charge in [-0.15, -0.1) is 0 Å². The third kappa shape index (κ3) is 2.80. The molecule has 0 atom stereocenters. The van der Waals surface area contributed by atoms with E-state index < -0.39 is 0 Å². The van der Waals surface area contributed by atoms with Gasteiger partial charge in [-0.2, -0.15) is 0 Å². The fourth-order valence-corrected chi connectivity index (χ4v) is 2.60. The summed E-state index contributed by atoms with van der Waals surface area (Å²) in [4.78, 5) is 12.7. The summed E-state index contributed by atoms with van der Waals surface area (Å²) in [6, 6.07) is 7.48. The minimum atomic E-state index is -0.0757. The van der Waals surface area contributed by atoms with Gasteiger partial charge in [0.2, 0.25) is 5.78 Å². The van der Waals surface area contributed by atoms with Crippen LogP contribution in [0.15, 0.2) is 28.7 Å². The van der Waals surface area contributed by atoms with Gasteiger partial charge in [0.1, 0.15) is 0 Å². The van der Waals surface area contributed by atoms with E-state index in [-0.39, 0.29) is 11.0 Å². The van der Waals surface area contributed by atoms with Crippen molar-refractivity contribution in [2.45, 2.75) is 40.0 Å². The SMILES string of the molecule is CCc1cc(CC)c(C(=O)c2ccc(Cl)o2)c(CC)c1. The first kappa shape index (κ1) is 14.9. The smallest absolute Gasteiger partial charge is 0.228 e. The molecule has 1 aromatic heterocycles. The van der Waals surface area contributed by atoms with E-state index >= 15 is 0 Å². The first-order chi connectivity index (χ1) is 9.60. The zero-order chi connectivity index (χ0) is 14.7. The molecular weight excluding hydrogens is 272 g/mol. The molecule has 0 fully saturated rings. The van der Waals surface area contributed by atoms with Crippen molar-refractivity contribution >= 4 is 17.4 Å². The van der Waals surface area contributed by atoms with Gasteiger partial charge in [-0.05, 0) is 59.7 Å². The van der Waals surface area contributed by atoms with Crippen LogP contribution in [0.5, 0.6) is 0 Å². The highest BCUT2D eigenvalue weighted by molar-refractivity contribution is 6.29. The lowest BCUT2D eigenvalue weighted by molar-refractivity contribution is 0.101. The molecule has 0 aliphatic rings. The highest BCUT2D eigenvalue weighted by atomic mass is 35.5. The molecule has 20 heavy (non-hydrogen) atoms. The van der Waals surface area contributed by atoms with Crippen LogP contribution in [-0.4, -0.2) is 5.78 Å². The topological polar surface area (TPSA) is 30.2 Å². The fourth-order valence-electron chi connectivity index (χ4n) is 2.45. The van der Waals surface area contributed by atoms with Gasteiger partial charge in [0.15, 0.2) is 11.0 Å². The van der Waals surface area contributed by atoms with E-state index in [1.54, 1.807) is 12.1 Å². The average Bonchev–Trinajstić information content (AvgIpc) is 2.91. The Balaban J connectivity index is 2.56. The minimum Gasteiger partial charge on any atom is -0.441 e. The van der Waals surface area contributed by atoms with Gasteiger partial charge >= 0.3 is 0 Å². The fraction of sp³-hybridized carbons (Fsp3) is 0.353. The lowest BCUT2D eigenvalue weighted by atomic mass is 9.90. The summed E-state index contributed by atoms with van der Waals surface area (Å²) in [5, 5.41) is 0.245. The molecule has 2 aromatic rings. The third-order valence-corrected chi connectivity index (χ3v) is 3.76. The number of rotatable bonds is 5. The Morgan fingerprint density at radius 1 is 1.05 bits per heavy atom. The van der Waals surface area contributed by atoms with E-state index in [9.17, 15) is 4.79 Å². The number of hydrogen-bond acceptors (Lipinski definition) is 2. The van der Waals surface area contributed by atoms with Crippen molar-refractivity contribution in [3.05, 3.63) is 57.5 Å². The average molecular weight is 291 g/mol. The molecule has 0 amide bonds. The van der Waals surface area contributed by atoms with Crippen molar-refractivity contribution < 1.29 is 9.21 Å². The van der Waals surface area contributed by atoms with Gasteiger partial charge in [0.25, 0.3) is 0 Å². The number of hydrogen-bond donors (Lipinski definition) is 0. The predicted molar refractivity (Wildman–Crippen MR) is 81.7 cm³/mol. The van der Waals surface area contributed by atoms with E-state index in [1.165, 1.54) is 5.56 Å². The molecule has 2 nitrogen and oxygen atoms in total. The normalized spacial score (nSPS) is 10.8. The second kappa shape index (κ2) is 6.27. The Bertz CT molecular complexity index is 601. The summed E-state index contributed by atoms with van der Waals surface area (Å²) in [7, 11) is 0. The largest absolute Gasteiger partial charge is 0.441 e. The molecule has 0 N–H and O–H groups in total. The van der Waals surface area contributed by atoms with Crippen molar-refractivity contribution in [2.24, 2.45) is 0 Å². The second-order valence-electron chi connectivity index (χ2n) is 4.78. The van der Waals surface area contributed by atoms with Crippen LogP contribution in [0.25, 0.3) is 0 Å². The highest BCUT2D eigenvalue weighted by Gasteiger charge is 2.20. The number of benzene rings is 1. The number of ketones is 1. The van der Waals surface area contributed by atoms with Gasteiger partial charge in [-0.1, -0.05) is 32.9 Å². The highest BCUT2D eigenvalue weighted by Crippen LogP contribution is 2.25. The second-order valence-corrected chi connectivity index (χ2v) is 5.16. The van der Waals surface area contributed by atoms with Crippen LogP contribution >= 0.6 is 11.6 Å². The summed E-state index contributed by atoms with van der Waals surface area (Å²) >= 11 is 5.77. The Morgan fingerprint density at radius 3 is 2.05 bits per heavy atom. The van der Waals surface area contributed by atoms with Crippen molar-refractivity contribution in [2.75, 3.05) is 0 Å². The summed E-state index contributed by atoms with van der Waals surface area (Å²) < 4.78 is 5.27. The van der Waals surface area contributed by atoms with Crippen LogP contribution in [-0.2, 0) is 19.3 Å². The molecular formula is C17H19ClO2. The van der Waals surface area contributed by atoms with Gasteiger partial charge < -0.3 is 4.42 Å². The van der Waals surface area contributed by atoms with Gasteiger partial charge in [-0.25, -0.2) is 0 Å². The molecule has 0 unspecified atom stereocenters.